The Balaban J connectivity index is 2.49. The number of hydrogen-bond donors (Lipinski definition) is 1. The molecule has 0 bridgehead atoms. The molecule has 4 heteroatoms. The molecule has 1 amide bonds. The highest BCUT2D eigenvalue weighted by Gasteiger charge is 2.10. The number of carbonyl (C=O) groups is 1. The van der Waals surface area contributed by atoms with Crippen LogP contribution in [0.3, 0.4) is 0 Å². The minimum Gasteiger partial charge on any atom is -0.447 e. The first kappa shape index (κ1) is 11.5. The van der Waals surface area contributed by atoms with Gasteiger partial charge in [0, 0.05) is 12.4 Å². The second kappa shape index (κ2) is 5.34. The van der Waals surface area contributed by atoms with Crippen LogP contribution in [0.5, 0.6) is 0 Å². The van der Waals surface area contributed by atoms with Gasteiger partial charge in [-0.3, -0.25) is 4.98 Å². The molecule has 4 nitrogen and oxygen atoms in total. The Morgan fingerprint density at radius 3 is 2.47 bits per heavy atom. The molecule has 1 aromatic rings. The van der Waals surface area contributed by atoms with E-state index in [-0.39, 0.29) is 12.1 Å². The first-order valence-electron chi connectivity index (χ1n) is 4.96. The summed E-state index contributed by atoms with van der Waals surface area (Å²) in [6, 6.07) is 3.65. The van der Waals surface area contributed by atoms with Gasteiger partial charge in [-0.1, -0.05) is 0 Å². The maximum absolute atomic E-state index is 11.3. The van der Waals surface area contributed by atoms with Crippen molar-refractivity contribution in [3.8, 4) is 0 Å². The van der Waals surface area contributed by atoms with Gasteiger partial charge in [-0.05, 0) is 38.5 Å². The molecule has 1 heterocycles. The molecule has 0 fully saturated rings. The van der Waals surface area contributed by atoms with Gasteiger partial charge in [-0.2, -0.15) is 0 Å². The zero-order valence-electron chi connectivity index (χ0n) is 9.23. The van der Waals surface area contributed by atoms with Crippen molar-refractivity contribution in [1.82, 2.24) is 10.3 Å². The molecule has 1 atom stereocenters. The fraction of sp³-hybridized carbons (Fsp3) is 0.455. The first-order chi connectivity index (χ1) is 7.09. The molecule has 0 aliphatic heterocycles. The summed E-state index contributed by atoms with van der Waals surface area (Å²) in [7, 11) is 0. The van der Waals surface area contributed by atoms with Crippen molar-refractivity contribution in [3.63, 3.8) is 0 Å². The number of amides is 1. The number of alkyl carbamates (subject to hydrolysis) is 1. The summed E-state index contributed by atoms with van der Waals surface area (Å²) in [4.78, 5) is 15.2. The van der Waals surface area contributed by atoms with Crippen molar-refractivity contribution >= 4 is 6.09 Å². The average molecular weight is 208 g/mol. The fourth-order valence-corrected chi connectivity index (χ4v) is 1.16. The topological polar surface area (TPSA) is 51.2 Å². The lowest BCUT2D eigenvalue weighted by Crippen LogP contribution is -2.29. The highest BCUT2D eigenvalue weighted by molar-refractivity contribution is 5.67. The van der Waals surface area contributed by atoms with Gasteiger partial charge in [0.05, 0.1) is 12.1 Å². The van der Waals surface area contributed by atoms with Crippen LogP contribution in [0.15, 0.2) is 24.5 Å². The molecule has 1 rings (SSSR count). The smallest absolute Gasteiger partial charge is 0.407 e. The summed E-state index contributed by atoms with van der Waals surface area (Å²) in [5.74, 6) is 0. The third kappa shape index (κ3) is 3.97. The Labute approximate surface area is 89.7 Å². The molecule has 82 valence electrons. The second-order valence-electron chi connectivity index (χ2n) is 3.60. The molecule has 0 radical (unpaired) electrons. The van der Waals surface area contributed by atoms with Gasteiger partial charge in [-0.25, -0.2) is 4.79 Å². The van der Waals surface area contributed by atoms with E-state index >= 15 is 0 Å². The van der Waals surface area contributed by atoms with Gasteiger partial charge in [-0.15, -0.1) is 0 Å². The van der Waals surface area contributed by atoms with Crippen molar-refractivity contribution in [2.75, 3.05) is 0 Å². The number of carbonyl (C=O) groups excluding carboxylic acids is 1. The average Bonchev–Trinajstić information content (AvgIpc) is 2.17. The van der Waals surface area contributed by atoms with E-state index in [1.165, 1.54) is 0 Å². The normalized spacial score (nSPS) is 12.3. The maximum atomic E-state index is 11.3. The summed E-state index contributed by atoms with van der Waals surface area (Å²) >= 11 is 0. The largest absolute Gasteiger partial charge is 0.447 e. The van der Waals surface area contributed by atoms with Crippen LogP contribution in [-0.4, -0.2) is 17.2 Å². The predicted octanol–water partition coefficient (Wildman–Crippen LogP) is 2.28. The third-order valence-corrected chi connectivity index (χ3v) is 1.88. The lowest BCUT2D eigenvalue weighted by molar-refractivity contribution is 0.113. The highest BCUT2D eigenvalue weighted by Crippen LogP contribution is 2.10. The van der Waals surface area contributed by atoms with Crippen LogP contribution in [0.1, 0.15) is 32.4 Å². The van der Waals surface area contributed by atoms with E-state index < -0.39 is 6.09 Å². The molecule has 15 heavy (non-hydrogen) atoms. The monoisotopic (exact) mass is 208 g/mol. The van der Waals surface area contributed by atoms with Gasteiger partial charge in [0.2, 0.25) is 0 Å². The summed E-state index contributed by atoms with van der Waals surface area (Å²) in [6.07, 6.45) is 2.90. The number of nitrogens with one attached hydrogen (secondary N) is 1. The Kier molecular flexibility index (Phi) is 4.09. The molecule has 0 saturated carbocycles. The number of hydrogen-bond acceptors (Lipinski definition) is 3. The Bertz CT molecular complexity index is 312. The van der Waals surface area contributed by atoms with Crippen LogP contribution in [-0.2, 0) is 4.74 Å². The van der Waals surface area contributed by atoms with Crippen molar-refractivity contribution in [1.29, 1.82) is 0 Å². The third-order valence-electron chi connectivity index (χ3n) is 1.88. The first-order valence-corrected chi connectivity index (χ1v) is 4.96. The second-order valence-corrected chi connectivity index (χ2v) is 3.60. The molecule has 0 saturated heterocycles. The Morgan fingerprint density at radius 2 is 1.93 bits per heavy atom. The number of pyridine rings is 1. The Morgan fingerprint density at radius 1 is 1.33 bits per heavy atom. The summed E-state index contributed by atoms with van der Waals surface area (Å²) in [6.45, 7) is 5.53. The molecular weight excluding hydrogens is 192 g/mol. The molecule has 1 N–H and O–H groups in total. The number of nitrogens with zero attached hydrogens (tertiary/aromatic N) is 1. The van der Waals surface area contributed by atoms with E-state index in [0.717, 1.165) is 5.56 Å². The van der Waals surface area contributed by atoms with Crippen LogP contribution in [0.4, 0.5) is 4.79 Å². The van der Waals surface area contributed by atoms with E-state index in [0.29, 0.717) is 0 Å². The van der Waals surface area contributed by atoms with Gasteiger partial charge in [0.15, 0.2) is 0 Å². The molecule has 1 aromatic heterocycles. The quantitative estimate of drug-likeness (QED) is 0.829. The van der Waals surface area contributed by atoms with Gasteiger partial charge in [0.1, 0.15) is 0 Å². The van der Waals surface area contributed by atoms with Gasteiger partial charge >= 0.3 is 6.09 Å². The predicted molar refractivity (Wildman–Crippen MR) is 57.4 cm³/mol. The number of aromatic nitrogens is 1. The van der Waals surface area contributed by atoms with Crippen LogP contribution >= 0.6 is 0 Å². The van der Waals surface area contributed by atoms with E-state index in [1.807, 2.05) is 32.9 Å². The molecule has 0 aliphatic rings. The van der Waals surface area contributed by atoms with Gasteiger partial charge in [0.25, 0.3) is 0 Å². The summed E-state index contributed by atoms with van der Waals surface area (Å²) in [5, 5.41) is 2.74. The van der Waals surface area contributed by atoms with Crippen molar-refractivity contribution < 1.29 is 9.53 Å². The standard InChI is InChI=1S/C11H16N2O2/c1-8(2)15-11(14)13-9(3)10-4-6-12-7-5-10/h4-9H,1-3H3,(H,13,14). The Hall–Kier alpha value is -1.58. The van der Waals surface area contributed by atoms with Crippen LogP contribution in [0.2, 0.25) is 0 Å². The number of ether oxygens (including phenoxy) is 1. The lowest BCUT2D eigenvalue weighted by Gasteiger charge is -2.15. The molecule has 0 aliphatic carbocycles. The van der Waals surface area contributed by atoms with E-state index in [2.05, 4.69) is 10.3 Å². The van der Waals surface area contributed by atoms with Crippen molar-refractivity contribution in [2.24, 2.45) is 0 Å². The van der Waals surface area contributed by atoms with Crippen LogP contribution < -0.4 is 5.32 Å². The summed E-state index contributed by atoms with van der Waals surface area (Å²) < 4.78 is 4.98. The zero-order chi connectivity index (χ0) is 11.3. The molecule has 1 unspecified atom stereocenters. The number of rotatable bonds is 3. The van der Waals surface area contributed by atoms with Gasteiger partial charge < -0.3 is 10.1 Å². The fourth-order valence-electron chi connectivity index (χ4n) is 1.16. The van der Waals surface area contributed by atoms with E-state index in [4.69, 9.17) is 4.74 Å². The zero-order valence-corrected chi connectivity index (χ0v) is 9.23. The lowest BCUT2D eigenvalue weighted by atomic mass is 10.1. The maximum Gasteiger partial charge on any atom is 0.407 e. The molecule has 0 aromatic carbocycles. The summed E-state index contributed by atoms with van der Waals surface area (Å²) in [5.41, 5.74) is 1.01. The van der Waals surface area contributed by atoms with Crippen molar-refractivity contribution in [3.05, 3.63) is 30.1 Å². The van der Waals surface area contributed by atoms with Crippen LogP contribution in [0, 0.1) is 0 Å². The minimum absolute atomic E-state index is 0.0701. The molecule has 0 spiro atoms. The van der Waals surface area contributed by atoms with E-state index in [1.54, 1.807) is 12.4 Å². The molecular formula is C11H16N2O2. The highest BCUT2D eigenvalue weighted by atomic mass is 16.6. The van der Waals surface area contributed by atoms with Crippen molar-refractivity contribution in [2.45, 2.75) is 32.9 Å². The van der Waals surface area contributed by atoms with E-state index in [9.17, 15) is 4.79 Å². The SMILES string of the molecule is CC(C)OC(=O)NC(C)c1ccncc1. The van der Waals surface area contributed by atoms with Crippen LogP contribution in [0.25, 0.3) is 0 Å². The minimum atomic E-state index is -0.394.